The van der Waals surface area contributed by atoms with Crippen molar-refractivity contribution in [3.63, 3.8) is 0 Å². The zero-order chi connectivity index (χ0) is 8.81. The molecule has 68 valence electrons. The van der Waals surface area contributed by atoms with Crippen LogP contribution in [0.2, 0.25) is 0 Å². The zero-order valence-corrected chi connectivity index (χ0v) is 7.64. The van der Waals surface area contributed by atoms with E-state index >= 15 is 0 Å². The zero-order valence-electron chi connectivity index (χ0n) is 7.64. The average Bonchev–Trinajstić information content (AvgIpc) is 2.45. The first-order valence-corrected chi connectivity index (χ1v) is 4.69. The highest BCUT2D eigenvalue weighted by atomic mass is 16.5. The van der Waals surface area contributed by atoms with Crippen LogP contribution in [0.3, 0.4) is 0 Å². The minimum absolute atomic E-state index is 0.166. The van der Waals surface area contributed by atoms with Crippen molar-refractivity contribution < 1.29 is 9.53 Å². The van der Waals surface area contributed by atoms with Gasteiger partial charge < -0.3 is 4.74 Å². The highest BCUT2D eigenvalue weighted by molar-refractivity contribution is 5.85. The van der Waals surface area contributed by atoms with Crippen molar-refractivity contribution >= 4 is 5.97 Å². The summed E-state index contributed by atoms with van der Waals surface area (Å²) in [5.74, 6) is -0.166. The fraction of sp³-hybridized carbons (Fsp3) is 0.700. The molecular formula is C10H16O2. The summed E-state index contributed by atoms with van der Waals surface area (Å²) in [6.45, 7) is 2.73. The Bertz CT molecular complexity index is 182. The van der Waals surface area contributed by atoms with Crippen LogP contribution in [0, 0.1) is 0 Å². The molecule has 12 heavy (non-hydrogen) atoms. The van der Waals surface area contributed by atoms with Crippen LogP contribution in [0.15, 0.2) is 11.6 Å². The fourth-order valence-electron chi connectivity index (χ4n) is 1.34. The van der Waals surface area contributed by atoms with Gasteiger partial charge in [-0.3, -0.25) is 0 Å². The summed E-state index contributed by atoms with van der Waals surface area (Å²) >= 11 is 0. The second-order valence-electron chi connectivity index (χ2n) is 3.22. The van der Waals surface area contributed by atoms with Crippen molar-refractivity contribution in [2.45, 2.75) is 39.0 Å². The number of cyclic esters (lactones) is 1. The molecule has 0 amide bonds. The summed E-state index contributed by atoms with van der Waals surface area (Å²) in [4.78, 5) is 10.6. The van der Waals surface area contributed by atoms with Crippen molar-refractivity contribution in [1.82, 2.24) is 0 Å². The molecule has 0 spiro atoms. The van der Waals surface area contributed by atoms with Crippen LogP contribution in [0.1, 0.15) is 39.0 Å². The first kappa shape index (κ1) is 9.30. The van der Waals surface area contributed by atoms with E-state index in [2.05, 4.69) is 6.92 Å². The van der Waals surface area contributed by atoms with Crippen LogP contribution < -0.4 is 0 Å². The first-order valence-electron chi connectivity index (χ1n) is 4.69. The molecule has 0 N–H and O–H groups in total. The molecule has 1 aliphatic heterocycles. The lowest BCUT2D eigenvalue weighted by atomic mass is 10.1. The lowest BCUT2D eigenvalue weighted by Gasteiger charge is -1.99. The Kier molecular flexibility index (Phi) is 3.85. The molecule has 0 aliphatic carbocycles. The van der Waals surface area contributed by atoms with Gasteiger partial charge in [-0.05, 0) is 18.4 Å². The molecule has 0 bridgehead atoms. The molecule has 1 rings (SSSR count). The highest BCUT2D eigenvalue weighted by Gasteiger charge is 2.11. The third-order valence-corrected chi connectivity index (χ3v) is 2.07. The minimum Gasteiger partial charge on any atom is -0.458 e. The van der Waals surface area contributed by atoms with Gasteiger partial charge in [-0.25, -0.2) is 4.79 Å². The predicted molar refractivity (Wildman–Crippen MR) is 47.8 cm³/mol. The largest absolute Gasteiger partial charge is 0.458 e. The third-order valence-electron chi connectivity index (χ3n) is 2.07. The third kappa shape index (κ3) is 3.07. The summed E-state index contributed by atoms with van der Waals surface area (Å²) in [6, 6.07) is 0. The van der Waals surface area contributed by atoms with Gasteiger partial charge in [0.25, 0.3) is 0 Å². The van der Waals surface area contributed by atoms with Crippen molar-refractivity contribution in [3.8, 4) is 0 Å². The topological polar surface area (TPSA) is 26.3 Å². The Morgan fingerprint density at radius 1 is 1.42 bits per heavy atom. The number of hydrogen-bond acceptors (Lipinski definition) is 2. The van der Waals surface area contributed by atoms with E-state index in [1.165, 1.54) is 25.7 Å². The fourth-order valence-corrected chi connectivity index (χ4v) is 1.34. The number of rotatable bonds is 5. The summed E-state index contributed by atoms with van der Waals surface area (Å²) in [7, 11) is 0. The number of hydrogen-bond donors (Lipinski definition) is 0. The van der Waals surface area contributed by atoms with E-state index < -0.39 is 0 Å². The SMILES string of the molecule is CCCCCCC1=CC(=O)OC1. The van der Waals surface area contributed by atoms with Crippen molar-refractivity contribution in [3.05, 3.63) is 11.6 Å². The lowest BCUT2D eigenvalue weighted by molar-refractivity contribution is -0.134. The summed E-state index contributed by atoms with van der Waals surface area (Å²) in [6.07, 6.45) is 7.67. The van der Waals surface area contributed by atoms with E-state index in [4.69, 9.17) is 4.74 Å². The standard InChI is InChI=1S/C10H16O2/c1-2-3-4-5-6-9-7-10(11)12-8-9/h7H,2-6,8H2,1H3. The quantitative estimate of drug-likeness (QED) is 0.465. The average molecular weight is 168 g/mol. The molecule has 0 radical (unpaired) electrons. The van der Waals surface area contributed by atoms with E-state index in [0.717, 1.165) is 12.0 Å². The summed E-state index contributed by atoms with van der Waals surface area (Å²) in [5.41, 5.74) is 1.16. The van der Waals surface area contributed by atoms with Crippen LogP contribution in [0.4, 0.5) is 0 Å². The number of carbonyl (C=O) groups is 1. The van der Waals surface area contributed by atoms with Crippen LogP contribution >= 0.6 is 0 Å². The summed E-state index contributed by atoms with van der Waals surface area (Å²) < 4.78 is 4.79. The molecule has 0 saturated carbocycles. The van der Waals surface area contributed by atoms with Crippen LogP contribution in [0.25, 0.3) is 0 Å². The van der Waals surface area contributed by atoms with E-state index in [1.807, 2.05) is 0 Å². The van der Waals surface area contributed by atoms with Gasteiger partial charge in [0.05, 0.1) is 0 Å². The van der Waals surface area contributed by atoms with E-state index in [1.54, 1.807) is 6.08 Å². The Balaban J connectivity index is 2.07. The smallest absolute Gasteiger partial charge is 0.331 e. The maximum absolute atomic E-state index is 10.6. The van der Waals surface area contributed by atoms with Crippen LogP contribution in [-0.4, -0.2) is 12.6 Å². The second kappa shape index (κ2) is 4.96. The molecule has 0 atom stereocenters. The maximum atomic E-state index is 10.6. The molecule has 1 aliphatic rings. The van der Waals surface area contributed by atoms with Crippen molar-refractivity contribution in [2.75, 3.05) is 6.61 Å². The van der Waals surface area contributed by atoms with Gasteiger partial charge in [-0.15, -0.1) is 0 Å². The predicted octanol–water partition coefficient (Wildman–Crippen LogP) is 2.44. The molecule has 1 heterocycles. The molecule has 0 unspecified atom stereocenters. The van der Waals surface area contributed by atoms with E-state index in [0.29, 0.717) is 6.61 Å². The normalized spacial score (nSPS) is 16.1. The summed E-state index contributed by atoms with van der Waals surface area (Å²) in [5, 5.41) is 0. The molecule has 2 heteroatoms. The lowest BCUT2D eigenvalue weighted by Crippen LogP contribution is -1.91. The number of carbonyl (C=O) groups excluding carboxylic acids is 1. The molecule has 0 fully saturated rings. The van der Waals surface area contributed by atoms with E-state index in [-0.39, 0.29) is 5.97 Å². The molecule has 0 saturated heterocycles. The Labute approximate surface area is 73.6 Å². The van der Waals surface area contributed by atoms with Crippen LogP contribution in [-0.2, 0) is 9.53 Å². The minimum atomic E-state index is -0.166. The Hall–Kier alpha value is -0.790. The number of esters is 1. The van der Waals surface area contributed by atoms with Crippen molar-refractivity contribution in [2.24, 2.45) is 0 Å². The molecule has 0 aromatic carbocycles. The molecule has 0 aromatic heterocycles. The Morgan fingerprint density at radius 2 is 2.25 bits per heavy atom. The maximum Gasteiger partial charge on any atom is 0.331 e. The van der Waals surface area contributed by atoms with Gasteiger partial charge in [0, 0.05) is 6.08 Å². The monoisotopic (exact) mass is 168 g/mol. The molecule has 0 aromatic rings. The Morgan fingerprint density at radius 3 is 2.83 bits per heavy atom. The highest BCUT2D eigenvalue weighted by Crippen LogP contribution is 2.14. The van der Waals surface area contributed by atoms with E-state index in [9.17, 15) is 4.79 Å². The molecular weight excluding hydrogens is 152 g/mol. The first-order chi connectivity index (χ1) is 5.83. The van der Waals surface area contributed by atoms with Gasteiger partial charge in [0.2, 0.25) is 0 Å². The second-order valence-corrected chi connectivity index (χ2v) is 3.22. The van der Waals surface area contributed by atoms with Gasteiger partial charge in [0.15, 0.2) is 0 Å². The van der Waals surface area contributed by atoms with Crippen molar-refractivity contribution in [1.29, 1.82) is 0 Å². The van der Waals surface area contributed by atoms with Gasteiger partial charge in [-0.2, -0.15) is 0 Å². The van der Waals surface area contributed by atoms with Gasteiger partial charge >= 0.3 is 5.97 Å². The number of ether oxygens (including phenoxy) is 1. The number of unbranched alkanes of at least 4 members (excludes halogenated alkanes) is 3. The van der Waals surface area contributed by atoms with Gasteiger partial charge in [-0.1, -0.05) is 26.2 Å². The molecule has 2 nitrogen and oxygen atoms in total. The van der Waals surface area contributed by atoms with Gasteiger partial charge in [0.1, 0.15) is 6.61 Å². The van der Waals surface area contributed by atoms with Crippen LogP contribution in [0.5, 0.6) is 0 Å².